The van der Waals surface area contributed by atoms with E-state index in [9.17, 15) is 4.79 Å². The van der Waals surface area contributed by atoms with Gasteiger partial charge in [0, 0.05) is 11.9 Å². The fraction of sp³-hybridized carbons (Fsp3) is 0.560. The molecule has 1 saturated carbocycles. The summed E-state index contributed by atoms with van der Waals surface area (Å²) in [5.41, 5.74) is 1.32. The molecule has 2 aromatic rings. The monoisotopic (exact) mass is 395 g/mol. The van der Waals surface area contributed by atoms with Gasteiger partial charge in [-0.05, 0) is 81.6 Å². The molecule has 2 aliphatic rings. The second-order valence-electron chi connectivity index (χ2n) is 8.49. The zero-order chi connectivity index (χ0) is 20.1. The van der Waals surface area contributed by atoms with Gasteiger partial charge in [0.2, 0.25) is 0 Å². The lowest BCUT2D eigenvalue weighted by Crippen LogP contribution is -2.36. The Morgan fingerprint density at radius 1 is 1.03 bits per heavy atom. The van der Waals surface area contributed by atoms with E-state index in [1.165, 1.54) is 48.4 Å². The Hall–Kier alpha value is -2.07. The maximum atomic E-state index is 11.9. The van der Waals surface area contributed by atoms with E-state index in [4.69, 9.17) is 9.47 Å². The number of carbonyl (C=O) groups is 1. The van der Waals surface area contributed by atoms with Gasteiger partial charge >= 0.3 is 5.97 Å². The molecule has 29 heavy (non-hydrogen) atoms. The molecular formula is C25H33NO3. The first kappa shape index (κ1) is 20.2. The minimum absolute atomic E-state index is 0.0247. The smallest absolute Gasteiger partial charge is 0.309 e. The van der Waals surface area contributed by atoms with E-state index in [0.717, 1.165) is 38.2 Å². The molecule has 0 unspecified atom stereocenters. The third-order valence-electron chi connectivity index (χ3n) is 6.36. The van der Waals surface area contributed by atoms with Gasteiger partial charge in [0.15, 0.2) is 0 Å². The van der Waals surface area contributed by atoms with Crippen LogP contribution in [0.1, 0.15) is 57.4 Å². The Labute approximate surface area is 174 Å². The Morgan fingerprint density at radius 3 is 2.59 bits per heavy atom. The first-order valence-electron chi connectivity index (χ1n) is 11.3. The van der Waals surface area contributed by atoms with E-state index in [1.54, 1.807) is 0 Å². The summed E-state index contributed by atoms with van der Waals surface area (Å²) >= 11 is 0. The molecule has 4 nitrogen and oxygen atoms in total. The van der Waals surface area contributed by atoms with Gasteiger partial charge in [-0.2, -0.15) is 0 Å². The van der Waals surface area contributed by atoms with Crippen molar-refractivity contribution in [3.63, 3.8) is 0 Å². The average Bonchev–Trinajstić information content (AvgIpc) is 2.75. The number of ether oxygens (including phenoxy) is 2. The predicted octanol–water partition coefficient (Wildman–Crippen LogP) is 5.33. The first-order valence-corrected chi connectivity index (χ1v) is 11.3. The van der Waals surface area contributed by atoms with Crippen molar-refractivity contribution in [2.24, 2.45) is 5.92 Å². The fourth-order valence-corrected chi connectivity index (χ4v) is 4.71. The third-order valence-corrected chi connectivity index (χ3v) is 6.36. The number of rotatable bonds is 6. The van der Waals surface area contributed by atoms with Crippen LogP contribution in [0.3, 0.4) is 0 Å². The highest BCUT2D eigenvalue weighted by Gasteiger charge is 2.26. The number of likely N-dealkylation sites (tertiary alicyclic amines) is 1. The lowest BCUT2D eigenvalue weighted by atomic mass is 9.96. The minimum atomic E-state index is -0.0247. The summed E-state index contributed by atoms with van der Waals surface area (Å²) in [5, 5.41) is 2.46. The van der Waals surface area contributed by atoms with Gasteiger partial charge in [-0.15, -0.1) is 0 Å². The number of hydrogen-bond donors (Lipinski definition) is 0. The molecule has 1 aliphatic carbocycles. The summed E-state index contributed by atoms with van der Waals surface area (Å²) in [6.07, 6.45) is 8.42. The number of esters is 1. The fourth-order valence-electron chi connectivity index (χ4n) is 4.71. The summed E-state index contributed by atoms with van der Waals surface area (Å²) < 4.78 is 11.5. The Morgan fingerprint density at radius 2 is 1.83 bits per heavy atom. The Bertz CT molecular complexity index is 820. The highest BCUT2D eigenvalue weighted by atomic mass is 16.5. The van der Waals surface area contributed by atoms with Crippen molar-refractivity contribution in [1.82, 2.24) is 4.90 Å². The molecule has 2 aromatic carbocycles. The van der Waals surface area contributed by atoms with Crippen LogP contribution in [0.5, 0.6) is 5.75 Å². The van der Waals surface area contributed by atoms with Crippen LogP contribution in [0.2, 0.25) is 0 Å². The van der Waals surface area contributed by atoms with E-state index < -0.39 is 0 Å². The van der Waals surface area contributed by atoms with E-state index in [2.05, 4.69) is 41.3 Å². The number of hydrogen-bond acceptors (Lipinski definition) is 4. The lowest BCUT2D eigenvalue weighted by molar-refractivity contribution is -0.149. The average molecular weight is 396 g/mol. The summed E-state index contributed by atoms with van der Waals surface area (Å²) in [6.45, 7) is 5.18. The summed E-state index contributed by atoms with van der Waals surface area (Å²) in [5.74, 6) is 1.07. The highest BCUT2D eigenvalue weighted by molar-refractivity contribution is 5.88. The number of carbonyl (C=O) groups excluding carboxylic acids is 1. The number of piperidine rings is 1. The van der Waals surface area contributed by atoms with Crippen LogP contribution in [0.25, 0.3) is 10.8 Å². The van der Waals surface area contributed by atoms with Crippen LogP contribution in [0, 0.1) is 5.92 Å². The van der Waals surface area contributed by atoms with Gasteiger partial charge in [0.05, 0.1) is 18.6 Å². The molecule has 0 radical (unpaired) electrons. The zero-order valence-electron chi connectivity index (χ0n) is 17.6. The maximum Gasteiger partial charge on any atom is 0.309 e. The lowest BCUT2D eigenvalue weighted by Gasteiger charge is -2.30. The SMILES string of the molecule is CCOC(=O)C1CCN(Cc2ccc3c(OC4CCCCC4)cccc3c2)CC1. The van der Waals surface area contributed by atoms with Crippen LogP contribution in [0.15, 0.2) is 36.4 Å². The van der Waals surface area contributed by atoms with Crippen LogP contribution < -0.4 is 4.74 Å². The number of fused-ring (bicyclic) bond motifs is 1. The van der Waals surface area contributed by atoms with Gasteiger partial charge in [-0.25, -0.2) is 0 Å². The van der Waals surface area contributed by atoms with Crippen molar-refractivity contribution in [3.05, 3.63) is 42.0 Å². The van der Waals surface area contributed by atoms with Crippen molar-refractivity contribution in [3.8, 4) is 5.75 Å². The molecule has 4 heteroatoms. The molecule has 0 bridgehead atoms. The third kappa shape index (κ3) is 5.11. The molecule has 1 saturated heterocycles. The quantitative estimate of drug-likeness (QED) is 0.620. The standard InChI is InChI=1S/C25H33NO3/c1-2-28-25(27)20-13-15-26(16-14-20)18-19-11-12-23-21(17-19)7-6-10-24(23)29-22-8-4-3-5-9-22/h6-7,10-12,17,20,22H,2-5,8-9,13-16,18H2,1H3. The van der Waals surface area contributed by atoms with E-state index in [-0.39, 0.29) is 11.9 Å². The van der Waals surface area contributed by atoms with Crippen molar-refractivity contribution in [1.29, 1.82) is 0 Å². The molecule has 0 atom stereocenters. The molecule has 0 spiro atoms. The van der Waals surface area contributed by atoms with Gasteiger partial charge in [0.1, 0.15) is 5.75 Å². The molecule has 156 valence electrons. The van der Waals surface area contributed by atoms with Gasteiger partial charge in [0.25, 0.3) is 0 Å². The molecule has 1 aliphatic heterocycles. The molecule has 2 fully saturated rings. The van der Waals surface area contributed by atoms with E-state index >= 15 is 0 Å². The van der Waals surface area contributed by atoms with Crippen LogP contribution in [0.4, 0.5) is 0 Å². The summed E-state index contributed by atoms with van der Waals surface area (Å²) in [7, 11) is 0. The number of benzene rings is 2. The second kappa shape index (κ2) is 9.62. The van der Waals surface area contributed by atoms with Gasteiger partial charge < -0.3 is 9.47 Å². The Kier molecular flexibility index (Phi) is 6.70. The van der Waals surface area contributed by atoms with Crippen molar-refractivity contribution in [2.45, 2.75) is 64.5 Å². The van der Waals surface area contributed by atoms with Crippen LogP contribution in [-0.4, -0.2) is 36.7 Å². The van der Waals surface area contributed by atoms with E-state index in [0.29, 0.717) is 12.7 Å². The van der Waals surface area contributed by atoms with Crippen LogP contribution in [-0.2, 0) is 16.1 Å². The zero-order valence-corrected chi connectivity index (χ0v) is 17.6. The summed E-state index contributed by atoms with van der Waals surface area (Å²) in [4.78, 5) is 14.4. The first-order chi connectivity index (χ1) is 14.2. The second-order valence-corrected chi connectivity index (χ2v) is 8.49. The minimum Gasteiger partial charge on any atom is -0.490 e. The number of nitrogens with zero attached hydrogens (tertiary/aromatic N) is 1. The van der Waals surface area contributed by atoms with Crippen molar-refractivity contribution < 1.29 is 14.3 Å². The van der Waals surface area contributed by atoms with Gasteiger partial charge in [-0.3, -0.25) is 9.69 Å². The van der Waals surface area contributed by atoms with E-state index in [1.807, 2.05) is 6.92 Å². The maximum absolute atomic E-state index is 11.9. The highest BCUT2D eigenvalue weighted by Crippen LogP contribution is 2.31. The van der Waals surface area contributed by atoms with Gasteiger partial charge in [-0.1, -0.05) is 30.7 Å². The molecule has 4 rings (SSSR count). The van der Waals surface area contributed by atoms with Crippen molar-refractivity contribution in [2.75, 3.05) is 19.7 Å². The topological polar surface area (TPSA) is 38.8 Å². The molecule has 0 N–H and O–H groups in total. The summed E-state index contributed by atoms with van der Waals surface area (Å²) in [6, 6.07) is 13.1. The largest absolute Gasteiger partial charge is 0.490 e. The predicted molar refractivity (Wildman–Crippen MR) is 116 cm³/mol. The molecular weight excluding hydrogens is 362 g/mol. The molecule has 0 amide bonds. The normalized spacial score (nSPS) is 19.3. The van der Waals surface area contributed by atoms with Crippen molar-refractivity contribution >= 4 is 16.7 Å². The van der Waals surface area contributed by atoms with Crippen LogP contribution >= 0.6 is 0 Å². The molecule has 1 heterocycles. The Balaban J connectivity index is 1.39. The molecule has 0 aromatic heterocycles.